The molecular weight excluding hydrogens is 372 g/mol. The van der Waals surface area contributed by atoms with Crippen molar-refractivity contribution in [2.24, 2.45) is 0 Å². The fraction of sp³-hybridized carbons (Fsp3) is 0.409. The number of Topliss-reactive ketones (excluding diaryl/α,β-unsaturated/α-hetero) is 1. The molecule has 2 fully saturated rings. The van der Waals surface area contributed by atoms with Crippen LogP contribution in [0.25, 0.3) is 0 Å². The summed E-state index contributed by atoms with van der Waals surface area (Å²) < 4.78 is 0. The maximum atomic E-state index is 12.7. The number of amides is 2. The number of thiophene rings is 1. The first-order valence-electron chi connectivity index (χ1n) is 9.86. The Morgan fingerprint density at radius 1 is 1.00 bits per heavy atom. The highest BCUT2D eigenvalue weighted by molar-refractivity contribution is 7.12. The third-order valence-corrected chi connectivity index (χ3v) is 6.06. The van der Waals surface area contributed by atoms with Gasteiger partial charge in [-0.05, 0) is 54.8 Å². The van der Waals surface area contributed by atoms with Crippen LogP contribution in [0, 0.1) is 0 Å². The van der Waals surface area contributed by atoms with Crippen LogP contribution in [0.4, 0.5) is 0 Å². The molecule has 2 aromatic rings. The topological polar surface area (TPSA) is 66.5 Å². The number of carbonyl (C=O) groups is 3. The Hall–Kier alpha value is -2.47. The number of hydrogen-bond donors (Lipinski definition) is 1. The van der Waals surface area contributed by atoms with Gasteiger partial charge in [-0.15, -0.1) is 11.3 Å². The molecule has 2 saturated carbocycles. The zero-order valence-electron chi connectivity index (χ0n) is 15.7. The average molecular weight is 397 g/mol. The van der Waals surface area contributed by atoms with E-state index >= 15 is 0 Å². The lowest BCUT2D eigenvalue weighted by atomic mass is 10.1. The molecule has 1 aromatic heterocycles. The van der Waals surface area contributed by atoms with Gasteiger partial charge in [0.2, 0.25) is 5.91 Å². The largest absolute Gasteiger partial charge is 0.349 e. The van der Waals surface area contributed by atoms with E-state index in [0.717, 1.165) is 31.2 Å². The van der Waals surface area contributed by atoms with Gasteiger partial charge in [-0.3, -0.25) is 14.4 Å². The molecule has 5 nitrogen and oxygen atoms in total. The van der Waals surface area contributed by atoms with Gasteiger partial charge in [0.05, 0.1) is 4.88 Å². The molecule has 0 aliphatic heterocycles. The number of rotatable bonds is 9. The minimum absolute atomic E-state index is 0.0305. The molecule has 0 bridgehead atoms. The van der Waals surface area contributed by atoms with Crippen molar-refractivity contribution in [2.75, 3.05) is 0 Å². The van der Waals surface area contributed by atoms with Crippen molar-refractivity contribution in [3.63, 3.8) is 0 Å². The van der Waals surface area contributed by atoms with Crippen LogP contribution in [0.3, 0.4) is 0 Å². The highest BCUT2D eigenvalue weighted by atomic mass is 32.1. The molecule has 0 radical (unpaired) electrons. The number of nitrogens with zero attached hydrogens (tertiary/aromatic N) is 1. The first-order chi connectivity index (χ1) is 13.6. The van der Waals surface area contributed by atoms with Gasteiger partial charge >= 0.3 is 0 Å². The third-order valence-electron chi connectivity index (χ3n) is 5.15. The normalized spacial score (nSPS) is 15.9. The second kappa shape index (κ2) is 8.27. The van der Waals surface area contributed by atoms with Crippen LogP contribution in [-0.4, -0.2) is 34.6 Å². The second-order valence-electron chi connectivity index (χ2n) is 7.60. The summed E-state index contributed by atoms with van der Waals surface area (Å²) in [4.78, 5) is 39.6. The summed E-state index contributed by atoms with van der Waals surface area (Å²) in [5.41, 5.74) is 1.66. The molecule has 28 heavy (non-hydrogen) atoms. The Balaban J connectivity index is 1.33. The highest BCUT2D eigenvalue weighted by Crippen LogP contribution is 2.29. The van der Waals surface area contributed by atoms with E-state index in [1.165, 1.54) is 11.3 Å². The van der Waals surface area contributed by atoms with Crippen molar-refractivity contribution in [1.29, 1.82) is 0 Å². The number of nitrogens with one attached hydrogen (secondary N) is 1. The molecule has 2 amide bonds. The molecule has 0 spiro atoms. The molecular formula is C22H24N2O3S. The van der Waals surface area contributed by atoms with Crippen LogP contribution < -0.4 is 5.32 Å². The van der Waals surface area contributed by atoms with Crippen LogP contribution in [-0.2, 0) is 11.3 Å². The van der Waals surface area contributed by atoms with Crippen LogP contribution in [0.2, 0.25) is 0 Å². The molecule has 2 aliphatic rings. The van der Waals surface area contributed by atoms with Crippen LogP contribution >= 0.6 is 11.3 Å². The van der Waals surface area contributed by atoms with Crippen molar-refractivity contribution < 1.29 is 14.4 Å². The van der Waals surface area contributed by atoms with E-state index in [-0.39, 0.29) is 36.5 Å². The number of benzene rings is 1. The van der Waals surface area contributed by atoms with Crippen LogP contribution in [0.1, 0.15) is 64.1 Å². The molecule has 146 valence electrons. The van der Waals surface area contributed by atoms with E-state index in [1.807, 2.05) is 40.6 Å². The molecule has 2 aliphatic carbocycles. The van der Waals surface area contributed by atoms with Crippen LogP contribution in [0.15, 0.2) is 41.8 Å². The predicted molar refractivity (Wildman–Crippen MR) is 108 cm³/mol. The van der Waals surface area contributed by atoms with Gasteiger partial charge in [-0.2, -0.15) is 0 Å². The van der Waals surface area contributed by atoms with Gasteiger partial charge in [-0.1, -0.05) is 18.2 Å². The number of hydrogen-bond acceptors (Lipinski definition) is 4. The van der Waals surface area contributed by atoms with Gasteiger partial charge in [0, 0.05) is 37.0 Å². The fourth-order valence-corrected chi connectivity index (χ4v) is 3.88. The Kier molecular flexibility index (Phi) is 5.57. The average Bonchev–Trinajstić information content (AvgIpc) is 3.64. The summed E-state index contributed by atoms with van der Waals surface area (Å²) in [6.45, 7) is 0.529. The lowest BCUT2D eigenvalue weighted by Crippen LogP contribution is -2.32. The van der Waals surface area contributed by atoms with Gasteiger partial charge in [0.25, 0.3) is 5.91 Å². The standard InChI is InChI=1S/C22H24N2O3S/c25-19(20-2-1-13-28-20)11-12-21(26)24(18-9-10-18)14-15-3-5-16(6-4-15)22(27)23-17-7-8-17/h1-6,13,17-18H,7-12,14H2,(H,23,27). The fourth-order valence-electron chi connectivity index (χ4n) is 3.19. The molecule has 0 unspecified atom stereocenters. The monoisotopic (exact) mass is 396 g/mol. The van der Waals surface area contributed by atoms with Gasteiger partial charge < -0.3 is 10.2 Å². The van der Waals surface area contributed by atoms with Crippen molar-refractivity contribution >= 4 is 28.9 Å². The molecule has 6 heteroatoms. The minimum Gasteiger partial charge on any atom is -0.349 e. The number of carbonyl (C=O) groups excluding carboxylic acids is 3. The molecule has 4 rings (SSSR count). The quantitative estimate of drug-likeness (QED) is 0.656. The minimum atomic E-state index is -0.0312. The zero-order valence-corrected chi connectivity index (χ0v) is 16.5. The van der Waals surface area contributed by atoms with E-state index < -0.39 is 0 Å². The van der Waals surface area contributed by atoms with E-state index in [2.05, 4.69) is 5.32 Å². The maximum Gasteiger partial charge on any atom is 0.251 e. The van der Waals surface area contributed by atoms with E-state index in [0.29, 0.717) is 23.0 Å². The zero-order chi connectivity index (χ0) is 19.5. The molecule has 0 atom stereocenters. The van der Waals surface area contributed by atoms with Crippen LogP contribution in [0.5, 0.6) is 0 Å². The first-order valence-corrected chi connectivity index (χ1v) is 10.7. The van der Waals surface area contributed by atoms with Crippen molar-refractivity contribution in [3.05, 3.63) is 57.8 Å². The third kappa shape index (κ3) is 4.87. The Bertz CT molecular complexity index is 852. The van der Waals surface area contributed by atoms with Gasteiger partial charge in [0.15, 0.2) is 5.78 Å². The summed E-state index contributed by atoms with van der Waals surface area (Å²) in [6, 6.07) is 11.8. The first kappa shape index (κ1) is 18.9. The molecule has 1 heterocycles. The summed E-state index contributed by atoms with van der Waals surface area (Å²) in [5.74, 6) is 0.0318. The van der Waals surface area contributed by atoms with Crippen molar-refractivity contribution in [2.45, 2.75) is 57.2 Å². The molecule has 1 aromatic carbocycles. The van der Waals surface area contributed by atoms with E-state index in [9.17, 15) is 14.4 Å². The summed E-state index contributed by atoms with van der Waals surface area (Å²) >= 11 is 1.42. The molecule has 1 N–H and O–H groups in total. The smallest absolute Gasteiger partial charge is 0.251 e. The summed E-state index contributed by atoms with van der Waals surface area (Å²) in [6.07, 6.45) is 4.67. The predicted octanol–water partition coefficient (Wildman–Crippen LogP) is 3.79. The van der Waals surface area contributed by atoms with Gasteiger partial charge in [0.1, 0.15) is 0 Å². The highest BCUT2D eigenvalue weighted by Gasteiger charge is 2.32. The molecule has 0 saturated heterocycles. The Morgan fingerprint density at radius 3 is 2.36 bits per heavy atom. The van der Waals surface area contributed by atoms with Gasteiger partial charge in [-0.25, -0.2) is 0 Å². The maximum absolute atomic E-state index is 12.7. The number of ketones is 1. The van der Waals surface area contributed by atoms with E-state index in [1.54, 1.807) is 6.07 Å². The summed E-state index contributed by atoms with van der Waals surface area (Å²) in [7, 11) is 0. The lowest BCUT2D eigenvalue weighted by molar-refractivity contribution is -0.132. The summed E-state index contributed by atoms with van der Waals surface area (Å²) in [5, 5.41) is 4.86. The van der Waals surface area contributed by atoms with Crippen molar-refractivity contribution in [3.8, 4) is 0 Å². The van der Waals surface area contributed by atoms with E-state index in [4.69, 9.17) is 0 Å². The second-order valence-corrected chi connectivity index (χ2v) is 8.55. The lowest BCUT2D eigenvalue weighted by Gasteiger charge is -2.22. The van der Waals surface area contributed by atoms with Crippen molar-refractivity contribution in [1.82, 2.24) is 10.2 Å². The Labute approximate surface area is 168 Å². The SMILES string of the molecule is O=C(NC1CC1)c1ccc(CN(C(=O)CCC(=O)c2cccs2)C2CC2)cc1. The Morgan fingerprint density at radius 2 is 1.75 bits per heavy atom.